The Morgan fingerprint density at radius 2 is 2.05 bits per heavy atom. The third-order valence-electron chi connectivity index (χ3n) is 2.96. The van der Waals surface area contributed by atoms with Crippen LogP contribution in [-0.4, -0.2) is 39.0 Å². The van der Waals surface area contributed by atoms with Crippen LogP contribution in [-0.2, 0) is 4.74 Å². The van der Waals surface area contributed by atoms with Crippen LogP contribution in [0.2, 0.25) is 0 Å². The summed E-state index contributed by atoms with van der Waals surface area (Å²) in [6, 6.07) is 3.93. The van der Waals surface area contributed by atoms with Gasteiger partial charge in [0, 0.05) is 24.9 Å². The first-order valence-corrected chi connectivity index (χ1v) is 7.27. The number of hydrogen-bond acceptors (Lipinski definition) is 5. The molecule has 0 aromatic carbocycles. The van der Waals surface area contributed by atoms with Gasteiger partial charge < -0.3 is 10.1 Å². The molecule has 0 amide bonds. The molecule has 0 unspecified atom stereocenters. The summed E-state index contributed by atoms with van der Waals surface area (Å²) in [5.74, 6) is 1.58. The van der Waals surface area contributed by atoms with E-state index in [9.17, 15) is 0 Å². The summed E-state index contributed by atoms with van der Waals surface area (Å²) in [6.07, 6.45) is 2.78. The van der Waals surface area contributed by atoms with Crippen molar-refractivity contribution in [2.45, 2.75) is 40.2 Å². The highest BCUT2D eigenvalue weighted by molar-refractivity contribution is 5.40. The molecule has 114 valence electrons. The fourth-order valence-electron chi connectivity index (χ4n) is 2.03. The van der Waals surface area contributed by atoms with Crippen molar-refractivity contribution < 1.29 is 4.74 Å². The summed E-state index contributed by atoms with van der Waals surface area (Å²) in [4.78, 5) is 8.51. The minimum absolute atomic E-state index is 0.279. The Hall–Kier alpha value is -1.95. The largest absolute Gasteiger partial charge is 0.379 e. The molecule has 0 spiro atoms. The summed E-state index contributed by atoms with van der Waals surface area (Å²) >= 11 is 0. The summed E-state index contributed by atoms with van der Waals surface area (Å²) in [6.45, 7) is 9.63. The van der Waals surface area contributed by atoms with Crippen molar-refractivity contribution in [2.75, 3.05) is 18.5 Å². The van der Waals surface area contributed by atoms with Gasteiger partial charge in [-0.25, -0.2) is 14.6 Å². The quantitative estimate of drug-likeness (QED) is 0.793. The molecule has 2 aromatic heterocycles. The average Bonchev–Trinajstić information content (AvgIpc) is 2.77. The Balaban J connectivity index is 1.94. The van der Waals surface area contributed by atoms with E-state index in [1.807, 2.05) is 44.5 Å². The minimum Gasteiger partial charge on any atom is -0.379 e. The maximum atomic E-state index is 5.50. The standard InChI is InChI=1S/C15H23N5O/c1-11(2)21-7-5-6-16-14-9-15(18-10-17-14)20-13(4)8-12(3)19-20/h8-11H,5-7H2,1-4H3,(H,16,17,18). The maximum absolute atomic E-state index is 5.50. The van der Waals surface area contributed by atoms with Crippen molar-refractivity contribution in [1.82, 2.24) is 19.7 Å². The lowest BCUT2D eigenvalue weighted by Gasteiger charge is -2.09. The maximum Gasteiger partial charge on any atom is 0.159 e. The third-order valence-corrected chi connectivity index (χ3v) is 2.96. The molecule has 0 saturated carbocycles. The van der Waals surface area contributed by atoms with Gasteiger partial charge in [-0.1, -0.05) is 0 Å². The number of aromatic nitrogens is 4. The number of ether oxygens (including phenoxy) is 1. The second-order valence-corrected chi connectivity index (χ2v) is 5.30. The Bertz CT molecular complexity index is 579. The molecule has 2 rings (SSSR count). The fourth-order valence-corrected chi connectivity index (χ4v) is 2.03. The van der Waals surface area contributed by atoms with Crippen LogP contribution in [0.1, 0.15) is 31.7 Å². The first-order valence-electron chi connectivity index (χ1n) is 7.27. The molecule has 0 aliphatic carbocycles. The molecule has 0 aliphatic heterocycles. The van der Waals surface area contributed by atoms with Crippen molar-refractivity contribution in [2.24, 2.45) is 0 Å². The van der Waals surface area contributed by atoms with Gasteiger partial charge in [0.05, 0.1) is 11.8 Å². The van der Waals surface area contributed by atoms with Crippen molar-refractivity contribution >= 4 is 5.82 Å². The van der Waals surface area contributed by atoms with Crippen molar-refractivity contribution in [3.05, 3.63) is 29.8 Å². The number of rotatable bonds is 7. The van der Waals surface area contributed by atoms with E-state index in [0.29, 0.717) is 0 Å². The van der Waals surface area contributed by atoms with Crippen LogP contribution in [0.15, 0.2) is 18.5 Å². The molecule has 0 bridgehead atoms. The first kappa shape index (κ1) is 15.4. The Labute approximate surface area is 125 Å². The van der Waals surface area contributed by atoms with Gasteiger partial charge >= 0.3 is 0 Å². The van der Waals surface area contributed by atoms with E-state index in [1.165, 1.54) is 0 Å². The van der Waals surface area contributed by atoms with Crippen molar-refractivity contribution in [3.63, 3.8) is 0 Å². The minimum atomic E-state index is 0.279. The predicted molar refractivity (Wildman–Crippen MR) is 82.8 cm³/mol. The number of anilines is 1. The van der Waals surface area contributed by atoms with E-state index in [-0.39, 0.29) is 6.10 Å². The van der Waals surface area contributed by atoms with Gasteiger partial charge in [-0.15, -0.1) is 0 Å². The average molecular weight is 289 g/mol. The molecule has 2 aromatic rings. The van der Waals surface area contributed by atoms with Crippen molar-refractivity contribution in [1.29, 1.82) is 0 Å². The highest BCUT2D eigenvalue weighted by atomic mass is 16.5. The summed E-state index contributed by atoms with van der Waals surface area (Å²) in [7, 11) is 0. The number of hydrogen-bond donors (Lipinski definition) is 1. The Kier molecular flexibility index (Phi) is 5.27. The van der Waals surface area contributed by atoms with Crippen LogP contribution >= 0.6 is 0 Å². The molecule has 1 N–H and O–H groups in total. The van der Waals surface area contributed by atoms with Crippen molar-refractivity contribution in [3.8, 4) is 5.82 Å². The van der Waals surface area contributed by atoms with E-state index >= 15 is 0 Å². The molecule has 6 heteroatoms. The molecule has 6 nitrogen and oxygen atoms in total. The molecule has 0 aliphatic rings. The summed E-state index contributed by atoms with van der Waals surface area (Å²) in [5, 5.41) is 7.71. The third kappa shape index (κ3) is 4.53. The van der Waals surface area contributed by atoms with E-state index in [2.05, 4.69) is 20.4 Å². The first-order chi connectivity index (χ1) is 10.1. The second kappa shape index (κ2) is 7.17. The lowest BCUT2D eigenvalue weighted by molar-refractivity contribution is 0.0787. The highest BCUT2D eigenvalue weighted by Crippen LogP contribution is 2.12. The Morgan fingerprint density at radius 1 is 1.24 bits per heavy atom. The number of nitrogens with one attached hydrogen (secondary N) is 1. The zero-order valence-corrected chi connectivity index (χ0v) is 13.1. The van der Waals surface area contributed by atoms with E-state index in [1.54, 1.807) is 6.33 Å². The van der Waals surface area contributed by atoms with E-state index in [0.717, 1.165) is 42.6 Å². The van der Waals surface area contributed by atoms with Gasteiger partial charge in [-0.05, 0) is 40.2 Å². The van der Waals surface area contributed by atoms with E-state index < -0.39 is 0 Å². The smallest absolute Gasteiger partial charge is 0.159 e. The zero-order valence-electron chi connectivity index (χ0n) is 13.1. The SMILES string of the molecule is Cc1cc(C)n(-c2cc(NCCCOC(C)C)ncn2)n1. The number of nitrogens with zero attached hydrogens (tertiary/aromatic N) is 4. The van der Waals surface area contributed by atoms with Crippen LogP contribution in [0.5, 0.6) is 0 Å². The molecule has 0 radical (unpaired) electrons. The van der Waals surface area contributed by atoms with Gasteiger partial charge in [-0.3, -0.25) is 0 Å². The fraction of sp³-hybridized carbons (Fsp3) is 0.533. The second-order valence-electron chi connectivity index (χ2n) is 5.30. The van der Waals surface area contributed by atoms with Gasteiger partial charge in [0.1, 0.15) is 12.1 Å². The van der Waals surface area contributed by atoms with Crippen LogP contribution in [0, 0.1) is 13.8 Å². The molecular formula is C15H23N5O. The molecule has 0 fully saturated rings. The van der Waals surface area contributed by atoms with Crippen LogP contribution < -0.4 is 5.32 Å². The normalized spacial score (nSPS) is 11.1. The van der Waals surface area contributed by atoms with Crippen LogP contribution in [0.25, 0.3) is 5.82 Å². The molecular weight excluding hydrogens is 266 g/mol. The molecule has 0 saturated heterocycles. The molecule has 2 heterocycles. The lowest BCUT2D eigenvalue weighted by atomic mass is 10.4. The topological polar surface area (TPSA) is 64.9 Å². The zero-order chi connectivity index (χ0) is 15.2. The Morgan fingerprint density at radius 3 is 2.71 bits per heavy atom. The van der Waals surface area contributed by atoms with E-state index in [4.69, 9.17) is 4.74 Å². The summed E-state index contributed by atoms with van der Waals surface area (Å²) < 4.78 is 7.33. The molecule has 21 heavy (non-hydrogen) atoms. The monoisotopic (exact) mass is 289 g/mol. The van der Waals surface area contributed by atoms with Gasteiger partial charge in [-0.2, -0.15) is 5.10 Å². The highest BCUT2D eigenvalue weighted by Gasteiger charge is 2.06. The molecule has 0 atom stereocenters. The summed E-state index contributed by atoms with van der Waals surface area (Å²) in [5.41, 5.74) is 2.04. The van der Waals surface area contributed by atoms with Crippen LogP contribution in [0.3, 0.4) is 0 Å². The lowest BCUT2D eigenvalue weighted by Crippen LogP contribution is -2.11. The van der Waals surface area contributed by atoms with Gasteiger partial charge in [0.2, 0.25) is 0 Å². The number of aryl methyl sites for hydroxylation is 2. The predicted octanol–water partition coefficient (Wildman–Crippen LogP) is 2.51. The van der Waals surface area contributed by atoms with Gasteiger partial charge in [0.25, 0.3) is 0 Å². The van der Waals surface area contributed by atoms with Gasteiger partial charge in [0.15, 0.2) is 5.82 Å². The van der Waals surface area contributed by atoms with Crippen LogP contribution in [0.4, 0.5) is 5.82 Å².